The van der Waals surface area contributed by atoms with E-state index in [9.17, 15) is 0 Å². The van der Waals surface area contributed by atoms with Crippen molar-refractivity contribution in [3.63, 3.8) is 0 Å². The summed E-state index contributed by atoms with van der Waals surface area (Å²) in [4.78, 5) is 8.63. The summed E-state index contributed by atoms with van der Waals surface area (Å²) in [5.41, 5.74) is 8.56. The van der Waals surface area contributed by atoms with Crippen LogP contribution in [-0.4, -0.2) is 32.1 Å². The molecule has 0 atom stereocenters. The first-order valence-corrected chi connectivity index (χ1v) is 6.62. The van der Waals surface area contributed by atoms with E-state index in [2.05, 4.69) is 20.8 Å². The van der Waals surface area contributed by atoms with Gasteiger partial charge in [-0.25, -0.2) is 4.99 Å². The van der Waals surface area contributed by atoms with Crippen molar-refractivity contribution in [3.8, 4) is 17.2 Å². The van der Waals surface area contributed by atoms with Crippen LogP contribution in [0.3, 0.4) is 0 Å². The molecule has 0 unspecified atom stereocenters. The van der Waals surface area contributed by atoms with Gasteiger partial charge >= 0.3 is 0 Å². The van der Waals surface area contributed by atoms with E-state index < -0.39 is 0 Å². The van der Waals surface area contributed by atoms with Crippen LogP contribution in [0.2, 0.25) is 0 Å². The fourth-order valence-corrected chi connectivity index (χ4v) is 2.21. The Kier molecular flexibility index (Phi) is 5.13. The summed E-state index contributed by atoms with van der Waals surface area (Å²) < 4.78 is 16.0. The van der Waals surface area contributed by atoms with Crippen LogP contribution in [0.25, 0.3) is 0 Å². The third-order valence-electron chi connectivity index (χ3n) is 3.29. The number of ether oxygens (including phenoxy) is 3. The number of halogens is 1. The molecule has 0 amide bonds. The Morgan fingerprint density at radius 2 is 1.65 bits per heavy atom. The lowest BCUT2D eigenvalue weighted by Crippen LogP contribution is -2.32. The van der Waals surface area contributed by atoms with Gasteiger partial charge in [0.25, 0.3) is 0 Å². The molecule has 1 aliphatic rings. The number of hydrazine groups is 1. The molecule has 7 nitrogen and oxygen atoms in total. The molecule has 0 saturated heterocycles. The van der Waals surface area contributed by atoms with Gasteiger partial charge in [-0.1, -0.05) is 0 Å². The molecule has 0 bridgehead atoms. The SMILES string of the molecule is COc1cc(C2=Nc3cnccc3NN2)cc(OC)c1OC.Cl. The molecule has 1 aliphatic heterocycles. The average Bonchev–Trinajstić information content (AvgIpc) is 2.59. The molecule has 122 valence electrons. The highest BCUT2D eigenvalue weighted by molar-refractivity contribution is 6.04. The zero-order valence-electron chi connectivity index (χ0n) is 12.9. The molecule has 2 heterocycles. The number of nitrogens with one attached hydrogen (secondary N) is 2. The highest BCUT2D eigenvalue weighted by Gasteiger charge is 2.18. The van der Waals surface area contributed by atoms with Crippen molar-refractivity contribution in [2.75, 3.05) is 26.8 Å². The van der Waals surface area contributed by atoms with Crippen molar-refractivity contribution in [2.24, 2.45) is 4.99 Å². The topological polar surface area (TPSA) is 77.0 Å². The second kappa shape index (κ2) is 7.06. The maximum atomic E-state index is 5.36. The van der Waals surface area contributed by atoms with E-state index in [1.807, 2.05) is 18.2 Å². The van der Waals surface area contributed by atoms with Crippen LogP contribution in [0.1, 0.15) is 5.56 Å². The van der Waals surface area contributed by atoms with Gasteiger partial charge in [0.1, 0.15) is 5.69 Å². The van der Waals surface area contributed by atoms with Crippen LogP contribution in [0.4, 0.5) is 11.4 Å². The van der Waals surface area contributed by atoms with E-state index in [4.69, 9.17) is 14.2 Å². The predicted octanol–water partition coefficient (Wildman–Crippen LogP) is 2.54. The van der Waals surface area contributed by atoms with Gasteiger partial charge in [0, 0.05) is 11.8 Å². The van der Waals surface area contributed by atoms with Gasteiger partial charge in [-0.15, -0.1) is 12.4 Å². The Bertz CT molecular complexity index is 711. The number of hydrogen-bond donors (Lipinski definition) is 2. The van der Waals surface area contributed by atoms with Gasteiger partial charge in [0.05, 0.1) is 33.2 Å². The summed E-state index contributed by atoms with van der Waals surface area (Å²) in [5, 5.41) is 0. The number of nitrogens with zero attached hydrogens (tertiary/aromatic N) is 2. The van der Waals surface area contributed by atoms with Crippen molar-refractivity contribution >= 4 is 29.6 Å². The van der Waals surface area contributed by atoms with Crippen molar-refractivity contribution in [3.05, 3.63) is 36.2 Å². The molecular formula is C15H17ClN4O3. The lowest BCUT2D eigenvalue weighted by molar-refractivity contribution is 0.324. The Labute approximate surface area is 140 Å². The predicted molar refractivity (Wildman–Crippen MR) is 90.5 cm³/mol. The molecule has 1 aromatic heterocycles. The molecule has 0 fully saturated rings. The Hall–Kier alpha value is -2.67. The fraction of sp³-hybridized carbons (Fsp3) is 0.200. The number of rotatable bonds is 4. The Morgan fingerprint density at radius 3 is 2.26 bits per heavy atom. The zero-order chi connectivity index (χ0) is 15.5. The van der Waals surface area contributed by atoms with Gasteiger partial charge in [-0.05, 0) is 18.2 Å². The summed E-state index contributed by atoms with van der Waals surface area (Å²) in [6.07, 6.45) is 3.40. The number of hydrogen-bond acceptors (Lipinski definition) is 7. The molecule has 0 spiro atoms. The van der Waals surface area contributed by atoms with Crippen LogP contribution >= 0.6 is 12.4 Å². The van der Waals surface area contributed by atoms with Crippen molar-refractivity contribution in [1.29, 1.82) is 0 Å². The van der Waals surface area contributed by atoms with E-state index in [0.717, 1.165) is 16.9 Å². The molecular weight excluding hydrogens is 320 g/mol. The van der Waals surface area contributed by atoms with Gasteiger partial charge < -0.3 is 14.2 Å². The van der Waals surface area contributed by atoms with Crippen LogP contribution < -0.4 is 25.1 Å². The Morgan fingerprint density at radius 1 is 0.957 bits per heavy atom. The minimum absolute atomic E-state index is 0. The van der Waals surface area contributed by atoms with E-state index in [-0.39, 0.29) is 12.4 Å². The molecule has 0 radical (unpaired) electrons. The third-order valence-corrected chi connectivity index (χ3v) is 3.29. The molecule has 0 saturated carbocycles. The van der Waals surface area contributed by atoms with E-state index in [1.165, 1.54) is 0 Å². The summed E-state index contributed by atoms with van der Waals surface area (Å²) >= 11 is 0. The molecule has 3 rings (SSSR count). The first-order chi connectivity index (χ1) is 10.8. The maximum absolute atomic E-state index is 5.36. The minimum Gasteiger partial charge on any atom is -0.493 e. The number of benzene rings is 1. The molecule has 2 aromatic rings. The van der Waals surface area contributed by atoms with Crippen LogP contribution in [0.5, 0.6) is 17.2 Å². The van der Waals surface area contributed by atoms with Gasteiger partial charge in [-0.2, -0.15) is 0 Å². The van der Waals surface area contributed by atoms with Crippen molar-refractivity contribution < 1.29 is 14.2 Å². The lowest BCUT2D eigenvalue weighted by atomic mass is 10.1. The fourth-order valence-electron chi connectivity index (χ4n) is 2.21. The highest BCUT2D eigenvalue weighted by Crippen LogP contribution is 2.38. The molecule has 0 aliphatic carbocycles. The van der Waals surface area contributed by atoms with E-state index in [0.29, 0.717) is 23.1 Å². The number of aromatic nitrogens is 1. The number of aliphatic imine (C=N–C) groups is 1. The summed E-state index contributed by atoms with van der Waals surface area (Å²) in [6.45, 7) is 0. The third kappa shape index (κ3) is 3.09. The summed E-state index contributed by atoms with van der Waals surface area (Å²) in [5.74, 6) is 2.32. The summed E-state index contributed by atoms with van der Waals surface area (Å²) in [6, 6.07) is 5.50. The zero-order valence-corrected chi connectivity index (χ0v) is 13.7. The highest BCUT2D eigenvalue weighted by atomic mass is 35.5. The smallest absolute Gasteiger partial charge is 0.203 e. The quantitative estimate of drug-likeness (QED) is 0.893. The largest absolute Gasteiger partial charge is 0.493 e. The number of fused-ring (bicyclic) bond motifs is 1. The maximum Gasteiger partial charge on any atom is 0.203 e. The van der Waals surface area contributed by atoms with Gasteiger partial charge in [0.2, 0.25) is 5.75 Å². The van der Waals surface area contributed by atoms with Gasteiger partial charge in [0.15, 0.2) is 17.3 Å². The van der Waals surface area contributed by atoms with Gasteiger partial charge in [-0.3, -0.25) is 15.8 Å². The van der Waals surface area contributed by atoms with Crippen molar-refractivity contribution in [1.82, 2.24) is 10.4 Å². The van der Waals surface area contributed by atoms with E-state index in [1.54, 1.807) is 33.7 Å². The molecule has 8 heteroatoms. The minimum atomic E-state index is 0. The molecule has 2 N–H and O–H groups in total. The first-order valence-electron chi connectivity index (χ1n) is 6.62. The molecule has 23 heavy (non-hydrogen) atoms. The van der Waals surface area contributed by atoms with Crippen LogP contribution in [0, 0.1) is 0 Å². The normalized spacial score (nSPS) is 11.9. The Balaban J connectivity index is 0.00000192. The number of anilines is 1. The molecule has 1 aromatic carbocycles. The van der Waals surface area contributed by atoms with E-state index >= 15 is 0 Å². The lowest BCUT2D eigenvalue weighted by Gasteiger charge is -2.20. The van der Waals surface area contributed by atoms with Crippen molar-refractivity contribution in [2.45, 2.75) is 0 Å². The first kappa shape index (κ1) is 16.7. The number of amidine groups is 1. The number of pyridine rings is 1. The second-order valence-corrected chi connectivity index (χ2v) is 4.52. The number of methoxy groups -OCH3 is 3. The monoisotopic (exact) mass is 336 g/mol. The summed E-state index contributed by atoms with van der Waals surface area (Å²) in [7, 11) is 4.73. The van der Waals surface area contributed by atoms with Crippen LogP contribution in [0.15, 0.2) is 35.6 Å². The standard InChI is InChI=1S/C15H16N4O3.ClH/c1-20-12-6-9(7-13(21-2)14(12)22-3)15-17-11-8-16-5-4-10(11)18-19-15;/h4-8,18H,1-3H3,(H,17,19);1H. The second-order valence-electron chi connectivity index (χ2n) is 4.52. The van der Waals surface area contributed by atoms with Crippen LogP contribution in [-0.2, 0) is 0 Å². The average molecular weight is 337 g/mol.